The summed E-state index contributed by atoms with van der Waals surface area (Å²) in [5.41, 5.74) is 0.685. The van der Waals surface area contributed by atoms with Crippen LogP contribution in [0.5, 0.6) is 0 Å². The van der Waals surface area contributed by atoms with Crippen molar-refractivity contribution in [3.63, 3.8) is 0 Å². The highest BCUT2D eigenvalue weighted by molar-refractivity contribution is 5.91. The second-order valence-corrected chi connectivity index (χ2v) is 6.17. The van der Waals surface area contributed by atoms with Crippen molar-refractivity contribution in [2.75, 3.05) is 0 Å². The molecule has 0 amide bonds. The van der Waals surface area contributed by atoms with E-state index in [0.717, 1.165) is 0 Å². The van der Waals surface area contributed by atoms with E-state index in [1.54, 1.807) is 13.0 Å². The van der Waals surface area contributed by atoms with Crippen LogP contribution in [-0.4, -0.2) is 33.2 Å². The van der Waals surface area contributed by atoms with Crippen LogP contribution < -0.4 is 0 Å². The topological polar surface area (TPSA) is 101 Å². The summed E-state index contributed by atoms with van der Waals surface area (Å²) in [5, 5.41) is 22.8. The van der Waals surface area contributed by atoms with Gasteiger partial charge in [0.2, 0.25) is 0 Å². The van der Waals surface area contributed by atoms with Gasteiger partial charge in [-0.1, -0.05) is 19.0 Å². The second kappa shape index (κ2) is 5.97. The Morgan fingerprint density at radius 1 is 1.33 bits per heavy atom. The van der Waals surface area contributed by atoms with Crippen molar-refractivity contribution in [3.05, 3.63) is 17.5 Å². The van der Waals surface area contributed by atoms with E-state index in [0.29, 0.717) is 11.5 Å². The van der Waals surface area contributed by atoms with Gasteiger partial charge in [0, 0.05) is 12.0 Å². The van der Waals surface area contributed by atoms with E-state index >= 15 is 0 Å². The minimum absolute atomic E-state index is 0.0305. The molecule has 6 heteroatoms. The molecule has 0 aromatic carbocycles. The van der Waals surface area contributed by atoms with E-state index in [2.05, 4.69) is 5.16 Å². The van der Waals surface area contributed by atoms with Gasteiger partial charge in [0.1, 0.15) is 11.5 Å². The molecular formula is C15H21NO5. The normalized spacial score (nSPS) is 27.0. The van der Waals surface area contributed by atoms with Crippen molar-refractivity contribution in [1.82, 2.24) is 5.16 Å². The quantitative estimate of drug-likeness (QED) is 0.858. The van der Waals surface area contributed by atoms with Gasteiger partial charge in [-0.05, 0) is 25.7 Å². The number of aliphatic hydroxyl groups is 1. The molecule has 1 aliphatic carbocycles. The molecule has 1 heterocycles. The lowest BCUT2D eigenvalue weighted by Crippen LogP contribution is -2.31. The molecule has 0 bridgehead atoms. The summed E-state index contributed by atoms with van der Waals surface area (Å²) < 4.78 is 5.21. The number of hydrogen-bond acceptors (Lipinski definition) is 5. The van der Waals surface area contributed by atoms with Crippen LogP contribution in [0.2, 0.25) is 0 Å². The van der Waals surface area contributed by atoms with Crippen LogP contribution in [0, 0.1) is 24.7 Å². The molecule has 1 aromatic rings. The Bertz CT molecular complexity index is 536. The Labute approximate surface area is 123 Å². The number of rotatable bonds is 5. The molecule has 0 radical (unpaired) electrons. The molecule has 2 rings (SSSR count). The highest BCUT2D eigenvalue weighted by Crippen LogP contribution is 2.39. The molecule has 2 unspecified atom stereocenters. The van der Waals surface area contributed by atoms with Crippen LogP contribution in [-0.2, 0) is 9.59 Å². The summed E-state index contributed by atoms with van der Waals surface area (Å²) in [6.07, 6.45) is -0.401. The summed E-state index contributed by atoms with van der Waals surface area (Å²) in [7, 11) is 0. The number of aromatic nitrogens is 1. The van der Waals surface area contributed by atoms with E-state index < -0.39 is 29.8 Å². The number of Topliss-reactive ketones (excluding diaryl/α,β-unsaturated/α-hetero) is 1. The fraction of sp³-hybridized carbons (Fsp3) is 0.667. The maximum absolute atomic E-state index is 12.8. The minimum Gasteiger partial charge on any atom is -0.481 e. The van der Waals surface area contributed by atoms with Crippen LogP contribution in [0.25, 0.3) is 0 Å². The van der Waals surface area contributed by atoms with Crippen LogP contribution in [0.3, 0.4) is 0 Å². The van der Waals surface area contributed by atoms with Crippen LogP contribution in [0.1, 0.15) is 44.1 Å². The first-order chi connectivity index (χ1) is 9.81. The highest BCUT2D eigenvalue weighted by atomic mass is 16.5. The van der Waals surface area contributed by atoms with Gasteiger partial charge in [-0.2, -0.15) is 0 Å². The smallest absolute Gasteiger partial charge is 0.307 e. The van der Waals surface area contributed by atoms with E-state index in [-0.39, 0.29) is 24.5 Å². The van der Waals surface area contributed by atoms with Gasteiger partial charge in [-0.25, -0.2) is 0 Å². The summed E-state index contributed by atoms with van der Waals surface area (Å²) in [4.78, 5) is 24.1. The number of hydrogen-bond donors (Lipinski definition) is 2. The van der Waals surface area contributed by atoms with Gasteiger partial charge < -0.3 is 14.7 Å². The number of carboxylic acids is 1. The fourth-order valence-corrected chi connectivity index (χ4v) is 3.16. The number of nitrogens with zero attached hydrogens (tertiary/aromatic N) is 1. The molecule has 0 saturated heterocycles. The van der Waals surface area contributed by atoms with Crippen LogP contribution in [0.4, 0.5) is 0 Å². The third kappa shape index (κ3) is 3.15. The summed E-state index contributed by atoms with van der Waals surface area (Å²) in [6.45, 7) is 5.55. The Morgan fingerprint density at radius 3 is 2.43 bits per heavy atom. The molecule has 4 atom stereocenters. The van der Waals surface area contributed by atoms with Crippen molar-refractivity contribution in [2.24, 2.45) is 17.8 Å². The fourth-order valence-electron chi connectivity index (χ4n) is 3.16. The first-order valence-corrected chi connectivity index (χ1v) is 7.19. The van der Waals surface area contributed by atoms with Gasteiger partial charge >= 0.3 is 5.97 Å². The number of carbonyl (C=O) groups is 2. The Kier molecular flexibility index (Phi) is 4.46. The molecule has 0 aliphatic heterocycles. The standard InChI is InChI=1S/C15H21NO5/c1-7(2)13(12-4-8(3)16-21-12)14(18)10-5-9(17)6-11(10)15(19)20/h4,7,9-11,13,17H,5-6H2,1-3H3,(H,19,20)/t9-,10?,11?,13+/m0/s1. The Hall–Kier alpha value is -1.69. The molecule has 116 valence electrons. The Morgan fingerprint density at radius 2 is 1.95 bits per heavy atom. The van der Waals surface area contributed by atoms with Gasteiger partial charge in [-0.3, -0.25) is 9.59 Å². The van der Waals surface area contributed by atoms with E-state index in [4.69, 9.17) is 4.52 Å². The third-order valence-corrected chi connectivity index (χ3v) is 4.15. The average Bonchev–Trinajstić information content (AvgIpc) is 2.95. The van der Waals surface area contributed by atoms with Gasteiger partial charge in [0.15, 0.2) is 0 Å². The molecular weight excluding hydrogens is 274 g/mol. The van der Waals surface area contributed by atoms with E-state index in [1.807, 2.05) is 13.8 Å². The molecule has 1 saturated carbocycles. The van der Waals surface area contributed by atoms with Gasteiger partial charge in [0.05, 0.1) is 23.6 Å². The highest BCUT2D eigenvalue weighted by Gasteiger charge is 2.45. The monoisotopic (exact) mass is 295 g/mol. The van der Waals surface area contributed by atoms with Crippen molar-refractivity contribution in [1.29, 1.82) is 0 Å². The number of carboxylic acid groups (broad SMARTS) is 1. The molecule has 1 fully saturated rings. The maximum atomic E-state index is 12.8. The SMILES string of the molecule is Cc1cc([C@H](C(=O)C2C[C@H](O)CC2C(=O)O)C(C)C)on1. The number of aliphatic carboxylic acids is 1. The zero-order chi connectivity index (χ0) is 15.7. The van der Waals surface area contributed by atoms with Gasteiger partial charge in [-0.15, -0.1) is 0 Å². The second-order valence-electron chi connectivity index (χ2n) is 6.17. The Balaban J connectivity index is 2.28. The summed E-state index contributed by atoms with van der Waals surface area (Å²) in [6, 6.07) is 1.71. The molecule has 6 nitrogen and oxygen atoms in total. The lowest BCUT2D eigenvalue weighted by molar-refractivity contribution is -0.146. The maximum Gasteiger partial charge on any atom is 0.307 e. The van der Waals surface area contributed by atoms with Gasteiger partial charge in [0.25, 0.3) is 0 Å². The first kappa shape index (κ1) is 15.7. The summed E-state index contributed by atoms with van der Waals surface area (Å²) in [5.74, 6) is -2.78. The van der Waals surface area contributed by atoms with Crippen molar-refractivity contribution >= 4 is 11.8 Å². The van der Waals surface area contributed by atoms with Crippen molar-refractivity contribution in [3.8, 4) is 0 Å². The molecule has 0 spiro atoms. The third-order valence-electron chi connectivity index (χ3n) is 4.15. The van der Waals surface area contributed by atoms with E-state index in [9.17, 15) is 19.8 Å². The lowest BCUT2D eigenvalue weighted by Gasteiger charge is -2.22. The van der Waals surface area contributed by atoms with Crippen LogP contribution >= 0.6 is 0 Å². The van der Waals surface area contributed by atoms with Crippen LogP contribution in [0.15, 0.2) is 10.6 Å². The zero-order valence-corrected chi connectivity index (χ0v) is 12.4. The number of carbonyl (C=O) groups excluding carboxylic acids is 1. The van der Waals surface area contributed by atoms with Crippen molar-refractivity contribution in [2.45, 2.75) is 45.6 Å². The predicted octanol–water partition coefficient (Wildman–Crippen LogP) is 1.76. The average molecular weight is 295 g/mol. The number of aryl methyl sites for hydroxylation is 1. The first-order valence-electron chi connectivity index (χ1n) is 7.19. The lowest BCUT2D eigenvalue weighted by atomic mass is 9.79. The molecule has 2 N–H and O–H groups in total. The van der Waals surface area contributed by atoms with E-state index in [1.165, 1.54) is 0 Å². The summed E-state index contributed by atoms with van der Waals surface area (Å²) >= 11 is 0. The number of ketones is 1. The zero-order valence-electron chi connectivity index (χ0n) is 12.4. The predicted molar refractivity (Wildman–Crippen MR) is 73.7 cm³/mol. The molecule has 1 aromatic heterocycles. The molecule has 1 aliphatic rings. The van der Waals surface area contributed by atoms with Crippen molar-refractivity contribution < 1.29 is 24.3 Å². The largest absolute Gasteiger partial charge is 0.481 e. The number of aliphatic hydroxyl groups excluding tert-OH is 1. The minimum atomic E-state index is -1.03. The molecule has 21 heavy (non-hydrogen) atoms.